The lowest BCUT2D eigenvalue weighted by Crippen LogP contribution is -1.87. The van der Waals surface area contributed by atoms with Gasteiger partial charge < -0.3 is 4.98 Å². The van der Waals surface area contributed by atoms with Crippen molar-refractivity contribution < 1.29 is 0 Å². The topological polar surface area (TPSA) is 28.7 Å². The number of benzene rings is 1. The summed E-state index contributed by atoms with van der Waals surface area (Å²) in [5.74, 6) is 1.10. The van der Waals surface area contributed by atoms with E-state index in [1.54, 1.807) is 0 Å². The first-order chi connectivity index (χ1) is 6.90. The SMILES string of the molecule is [CH2]CCCCc1nc2ccccc2[nH]1. The highest BCUT2D eigenvalue weighted by Gasteiger charge is 2.00. The van der Waals surface area contributed by atoms with Crippen LogP contribution in [0.1, 0.15) is 25.1 Å². The third kappa shape index (κ3) is 1.95. The molecule has 1 heterocycles. The Morgan fingerprint density at radius 3 is 2.86 bits per heavy atom. The van der Waals surface area contributed by atoms with Gasteiger partial charge in [0, 0.05) is 6.42 Å². The maximum absolute atomic E-state index is 4.51. The minimum Gasteiger partial charge on any atom is -0.342 e. The molecule has 0 fully saturated rings. The van der Waals surface area contributed by atoms with Crippen molar-refractivity contribution in [3.05, 3.63) is 37.0 Å². The zero-order valence-corrected chi connectivity index (χ0v) is 8.29. The zero-order chi connectivity index (χ0) is 9.80. The summed E-state index contributed by atoms with van der Waals surface area (Å²) in [6.07, 6.45) is 4.39. The molecular weight excluding hydrogens is 172 g/mol. The van der Waals surface area contributed by atoms with E-state index in [1.807, 2.05) is 18.2 Å². The molecular formula is C12H15N2. The Labute approximate surface area is 84.4 Å². The van der Waals surface area contributed by atoms with Gasteiger partial charge in [0.25, 0.3) is 0 Å². The molecule has 0 aliphatic heterocycles. The molecule has 0 saturated heterocycles. The molecule has 1 radical (unpaired) electrons. The Morgan fingerprint density at radius 1 is 1.21 bits per heavy atom. The van der Waals surface area contributed by atoms with Crippen molar-refractivity contribution in [2.75, 3.05) is 0 Å². The van der Waals surface area contributed by atoms with Crippen molar-refractivity contribution in [3.63, 3.8) is 0 Å². The summed E-state index contributed by atoms with van der Waals surface area (Å²) in [7, 11) is 0. The largest absolute Gasteiger partial charge is 0.342 e. The molecule has 0 saturated carbocycles. The van der Waals surface area contributed by atoms with E-state index in [0.29, 0.717) is 0 Å². The Hall–Kier alpha value is -1.31. The van der Waals surface area contributed by atoms with Crippen molar-refractivity contribution >= 4 is 11.0 Å². The maximum Gasteiger partial charge on any atom is 0.107 e. The monoisotopic (exact) mass is 187 g/mol. The highest BCUT2D eigenvalue weighted by molar-refractivity contribution is 5.74. The van der Waals surface area contributed by atoms with Crippen LogP contribution in [0, 0.1) is 6.92 Å². The summed E-state index contributed by atoms with van der Waals surface area (Å²) in [6, 6.07) is 8.15. The molecule has 2 nitrogen and oxygen atoms in total. The molecule has 0 atom stereocenters. The number of aryl methyl sites for hydroxylation is 1. The fourth-order valence-corrected chi connectivity index (χ4v) is 1.59. The van der Waals surface area contributed by atoms with Crippen LogP contribution in [-0.4, -0.2) is 9.97 Å². The molecule has 0 spiro atoms. The van der Waals surface area contributed by atoms with E-state index in [2.05, 4.69) is 23.0 Å². The number of imidazole rings is 1. The summed E-state index contributed by atoms with van der Waals surface area (Å²) >= 11 is 0. The van der Waals surface area contributed by atoms with Crippen LogP contribution in [0.2, 0.25) is 0 Å². The predicted molar refractivity (Wildman–Crippen MR) is 59.0 cm³/mol. The second-order valence-electron chi connectivity index (χ2n) is 3.51. The van der Waals surface area contributed by atoms with Crippen molar-refractivity contribution in [1.29, 1.82) is 0 Å². The van der Waals surface area contributed by atoms with Gasteiger partial charge in [0.2, 0.25) is 0 Å². The van der Waals surface area contributed by atoms with E-state index in [4.69, 9.17) is 0 Å². The molecule has 14 heavy (non-hydrogen) atoms. The molecule has 0 amide bonds. The number of hydrogen-bond donors (Lipinski definition) is 1. The Bertz CT molecular complexity index is 370. The Balaban J connectivity index is 2.11. The first kappa shape index (κ1) is 9.25. The third-order valence-corrected chi connectivity index (χ3v) is 2.35. The van der Waals surface area contributed by atoms with Crippen LogP contribution in [0.25, 0.3) is 11.0 Å². The van der Waals surface area contributed by atoms with E-state index in [1.165, 1.54) is 12.8 Å². The number of H-pyrrole nitrogens is 1. The molecule has 0 bridgehead atoms. The lowest BCUT2D eigenvalue weighted by Gasteiger charge is -1.93. The number of unbranched alkanes of at least 4 members (excludes halogenated alkanes) is 2. The molecule has 2 heteroatoms. The smallest absolute Gasteiger partial charge is 0.107 e. The van der Waals surface area contributed by atoms with Crippen molar-refractivity contribution in [2.24, 2.45) is 0 Å². The number of nitrogens with one attached hydrogen (secondary N) is 1. The molecule has 2 aromatic rings. The van der Waals surface area contributed by atoms with E-state index in [0.717, 1.165) is 29.7 Å². The minimum atomic E-state index is 1.01. The molecule has 1 aromatic heterocycles. The average Bonchev–Trinajstić information content (AvgIpc) is 2.60. The van der Waals surface area contributed by atoms with Crippen molar-refractivity contribution in [1.82, 2.24) is 9.97 Å². The highest BCUT2D eigenvalue weighted by Crippen LogP contribution is 2.11. The van der Waals surface area contributed by atoms with Gasteiger partial charge in [-0.15, -0.1) is 0 Å². The number of nitrogens with zero attached hydrogens (tertiary/aromatic N) is 1. The second kappa shape index (κ2) is 4.27. The summed E-state index contributed by atoms with van der Waals surface area (Å²) < 4.78 is 0. The normalized spacial score (nSPS) is 10.9. The highest BCUT2D eigenvalue weighted by atomic mass is 14.9. The number of aromatic amines is 1. The average molecular weight is 187 g/mol. The van der Waals surface area contributed by atoms with Crippen LogP contribution in [0.15, 0.2) is 24.3 Å². The van der Waals surface area contributed by atoms with Crippen molar-refractivity contribution in [3.8, 4) is 0 Å². The Kier molecular flexibility index (Phi) is 2.82. The van der Waals surface area contributed by atoms with Gasteiger partial charge in [-0.05, 0) is 18.6 Å². The lowest BCUT2D eigenvalue weighted by atomic mass is 10.2. The summed E-state index contributed by atoms with van der Waals surface area (Å²) in [5.41, 5.74) is 2.20. The second-order valence-corrected chi connectivity index (χ2v) is 3.51. The molecule has 73 valence electrons. The van der Waals surface area contributed by atoms with Gasteiger partial charge in [0.15, 0.2) is 0 Å². The third-order valence-electron chi connectivity index (χ3n) is 2.35. The van der Waals surface area contributed by atoms with Gasteiger partial charge in [0.05, 0.1) is 11.0 Å². The lowest BCUT2D eigenvalue weighted by molar-refractivity contribution is 0.724. The van der Waals surface area contributed by atoms with Gasteiger partial charge >= 0.3 is 0 Å². The van der Waals surface area contributed by atoms with Crippen LogP contribution in [0.5, 0.6) is 0 Å². The minimum absolute atomic E-state index is 1.01. The fourth-order valence-electron chi connectivity index (χ4n) is 1.59. The predicted octanol–water partition coefficient (Wildman–Crippen LogP) is 3.11. The Morgan fingerprint density at radius 2 is 2.07 bits per heavy atom. The standard InChI is InChI=1S/C12H15N2/c1-2-3-4-9-12-13-10-7-5-6-8-11(10)14-12/h5-8H,1-4,9H2,(H,13,14). The zero-order valence-electron chi connectivity index (χ0n) is 8.29. The summed E-state index contributed by atoms with van der Waals surface area (Å²) in [6.45, 7) is 3.83. The molecule has 0 unspecified atom stereocenters. The molecule has 1 N–H and O–H groups in total. The van der Waals surface area contributed by atoms with E-state index in [9.17, 15) is 0 Å². The first-order valence-corrected chi connectivity index (χ1v) is 5.13. The number of rotatable bonds is 4. The molecule has 0 aliphatic rings. The first-order valence-electron chi connectivity index (χ1n) is 5.13. The van der Waals surface area contributed by atoms with Gasteiger partial charge in [0.1, 0.15) is 5.82 Å². The molecule has 0 aliphatic carbocycles. The maximum atomic E-state index is 4.51. The van der Waals surface area contributed by atoms with Crippen molar-refractivity contribution in [2.45, 2.75) is 25.7 Å². The molecule has 2 rings (SSSR count). The quantitative estimate of drug-likeness (QED) is 0.732. The van der Waals surface area contributed by atoms with Gasteiger partial charge in [-0.1, -0.05) is 31.9 Å². The van der Waals surface area contributed by atoms with Crippen LogP contribution in [-0.2, 0) is 6.42 Å². The van der Waals surface area contributed by atoms with Crippen LogP contribution in [0.4, 0.5) is 0 Å². The number of hydrogen-bond acceptors (Lipinski definition) is 1. The van der Waals surface area contributed by atoms with Gasteiger partial charge in [-0.2, -0.15) is 0 Å². The van der Waals surface area contributed by atoms with E-state index >= 15 is 0 Å². The summed E-state index contributed by atoms with van der Waals surface area (Å²) in [4.78, 5) is 7.83. The van der Waals surface area contributed by atoms with E-state index < -0.39 is 0 Å². The van der Waals surface area contributed by atoms with Gasteiger partial charge in [-0.3, -0.25) is 0 Å². The number of aromatic nitrogens is 2. The number of fused-ring (bicyclic) bond motifs is 1. The van der Waals surface area contributed by atoms with E-state index in [-0.39, 0.29) is 0 Å². The van der Waals surface area contributed by atoms with Crippen LogP contribution in [0.3, 0.4) is 0 Å². The number of para-hydroxylation sites is 2. The van der Waals surface area contributed by atoms with Crippen LogP contribution >= 0.6 is 0 Å². The fraction of sp³-hybridized carbons (Fsp3) is 0.333. The van der Waals surface area contributed by atoms with Crippen LogP contribution < -0.4 is 0 Å². The molecule has 1 aromatic carbocycles. The summed E-state index contributed by atoms with van der Waals surface area (Å²) in [5, 5.41) is 0. The van der Waals surface area contributed by atoms with Gasteiger partial charge in [-0.25, -0.2) is 4.98 Å².